The Morgan fingerprint density at radius 3 is 2.50 bits per heavy atom. The van der Waals surface area contributed by atoms with Gasteiger partial charge in [-0.2, -0.15) is 0 Å². The molecule has 0 aliphatic carbocycles. The van der Waals surface area contributed by atoms with Crippen LogP contribution >= 0.6 is 0 Å². The van der Waals surface area contributed by atoms with Crippen molar-refractivity contribution in [1.82, 2.24) is 5.32 Å². The van der Waals surface area contributed by atoms with E-state index in [0.29, 0.717) is 5.56 Å². The number of carbonyl (C=O) groups is 1. The summed E-state index contributed by atoms with van der Waals surface area (Å²) in [4.78, 5) is 12.0. The largest absolute Gasteiger partial charge is 0.346 e. The van der Waals surface area contributed by atoms with Crippen LogP contribution in [0.15, 0.2) is 48.5 Å². The van der Waals surface area contributed by atoms with Gasteiger partial charge in [-0.05, 0) is 42.7 Å². The van der Waals surface area contributed by atoms with Crippen LogP contribution in [0.25, 0.3) is 0 Å². The fourth-order valence-electron chi connectivity index (χ4n) is 2.04. The van der Waals surface area contributed by atoms with Crippen molar-refractivity contribution < 1.29 is 9.18 Å². The van der Waals surface area contributed by atoms with Gasteiger partial charge in [0, 0.05) is 5.56 Å². The van der Waals surface area contributed by atoms with E-state index in [2.05, 4.69) is 24.4 Å². The lowest BCUT2D eigenvalue weighted by molar-refractivity contribution is 0.0939. The highest BCUT2D eigenvalue weighted by Gasteiger charge is 2.11. The second-order valence-corrected chi connectivity index (χ2v) is 4.80. The minimum atomic E-state index is -0.405. The molecule has 20 heavy (non-hydrogen) atoms. The first-order valence-corrected chi connectivity index (χ1v) is 6.75. The van der Waals surface area contributed by atoms with E-state index < -0.39 is 5.82 Å². The molecule has 0 heterocycles. The summed E-state index contributed by atoms with van der Waals surface area (Å²) < 4.78 is 13.1. The van der Waals surface area contributed by atoms with Gasteiger partial charge in [0.15, 0.2) is 0 Å². The third-order valence-electron chi connectivity index (χ3n) is 3.32. The Kier molecular flexibility index (Phi) is 4.51. The van der Waals surface area contributed by atoms with Crippen molar-refractivity contribution in [2.75, 3.05) is 0 Å². The van der Waals surface area contributed by atoms with E-state index >= 15 is 0 Å². The lowest BCUT2D eigenvalue weighted by atomic mass is 10.0. The van der Waals surface area contributed by atoms with Gasteiger partial charge < -0.3 is 5.32 Å². The predicted octanol–water partition coefficient (Wildman–Crippen LogP) is 3.88. The molecule has 1 unspecified atom stereocenters. The summed E-state index contributed by atoms with van der Waals surface area (Å²) >= 11 is 0. The molecule has 0 aliphatic rings. The number of nitrogens with one attached hydrogen (secondary N) is 1. The van der Waals surface area contributed by atoms with Gasteiger partial charge in [0.25, 0.3) is 5.91 Å². The number of rotatable bonds is 4. The fraction of sp³-hybridized carbons (Fsp3) is 0.235. The summed E-state index contributed by atoms with van der Waals surface area (Å²) in [5, 5.41) is 2.87. The molecule has 2 nitrogen and oxygen atoms in total. The van der Waals surface area contributed by atoms with Crippen molar-refractivity contribution in [3.05, 3.63) is 71.0 Å². The predicted molar refractivity (Wildman–Crippen MR) is 78.1 cm³/mol. The molecule has 1 atom stereocenters. The topological polar surface area (TPSA) is 29.1 Å². The average molecular weight is 271 g/mol. The van der Waals surface area contributed by atoms with E-state index in [1.54, 1.807) is 6.07 Å². The Bertz CT molecular complexity index is 592. The minimum Gasteiger partial charge on any atom is -0.346 e. The molecule has 0 radical (unpaired) electrons. The molecule has 0 saturated heterocycles. The molecule has 2 rings (SSSR count). The van der Waals surface area contributed by atoms with Crippen molar-refractivity contribution in [2.24, 2.45) is 0 Å². The van der Waals surface area contributed by atoms with Crippen LogP contribution < -0.4 is 5.32 Å². The van der Waals surface area contributed by atoms with Crippen molar-refractivity contribution in [3.63, 3.8) is 0 Å². The third kappa shape index (κ3) is 3.44. The van der Waals surface area contributed by atoms with Gasteiger partial charge in [0.1, 0.15) is 5.82 Å². The molecule has 3 heteroatoms. The van der Waals surface area contributed by atoms with Gasteiger partial charge in [0.05, 0.1) is 6.04 Å². The molecule has 2 aromatic rings. The van der Waals surface area contributed by atoms with Crippen LogP contribution in [-0.2, 0) is 6.42 Å². The van der Waals surface area contributed by atoms with E-state index in [0.717, 1.165) is 12.0 Å². The molecule has 2 aromatic carbocycles. The lowest BCUT2D eigenvalue weighted by Gasteiger charge is -2.15. The van der Waals surface area contributed by atoms with Crippen LogP contribution in [0.5, 0.6) is 0 Å². The normalized spacial score (nSPS) is 11.9. The fourth-order valence-corrected chi connectivity index (χ4v) is 2.04. The number of halogens is 1. The highest BCUT2D eigenvalue weighted by atomic mass is 19.1. The maximum absolute atomic E-state index is 13.1. The molecule has 0 saturated carbocycles. The number of carbonyl (C=O) groups excluding carboxylic acids is 1. The van der Waals surface area contributed by atoms with Crippen LogP contribution in [0.4, 0.5) is 4.39 Å². The lowest BCUT2D eigenvalue weighted by Crippen LogP contribution is -2.26. The van der Waals surface area contributed by atoms with Gasteiger partial charge in [-0.25, -0.2) is 4.39 Å². The smallest absolute Gasteiger partial charge is 0.251 e. The van der Waals surface area contributed by atoms with Gasteiger partial charge >= 0.3 is 0 Å². The maximum atomic E-state index is 13.1. The molecule has 0 fully saturated rings. The quantitative estimate of drug-likeness (QED) is 0.898. The summed E-state index contributed by atoms with van der Waals surface area (Å²) in [5.74, 6) is -0.672. The standard InChI is InChI=1S/C17H18FNO/c1-3-13-7-9-14(10-8-13)12(2)19-17(20)15-5-4-6-16(18)11-15/h4-12H,3H2,1-2H3,(H,19,20). The molecular formula is C17H18FNO. The number of amides is 1. The zero-order chi connectivity index (χ0) is 14.5. The Labute approximate surface area is 118 Å². The monoisotopic (exact) mass is 271 g/mol. The summed E-state index contributed by atoms with van der Waals surface area (Å²) in [6.07, 6.45) is 0.990. The molecule has 0 bridgehead atoms. The van der Waals surface area contributed by atoms with Crippen molar-refractivity contribution in [3.8, 4) is 0 Å². The van der Waals surface area contributed by atoms with Crippen molar-refractivity contribution in [2.45, 2.75) is 26.3 Å². The Morgan fingerprint density at radius 1 is 1.20 bits per heavy atom. The first kappa shape index (κ1) is 14.3. The van der Waals surface area contributed by atoms with E-state index in [9.17, 15) is 9.18 Å². The molecular weight excluding hydrogens is 253 g/mol. The second-order valence-electron chi connectivity index (χ2n) is 4.80. The Morgan fingerprint density at radius 2 is 1.90 bits per heavy atom. The van der Waals surface area contributed by atoms with Crippen LogP contribution in [0.3, 0.4) is 0 Å². The molecule has 0 aromatic heterocycles. The molecule has 0 aliphatic heterocycles. The van der Waals surface area contributed by atoms with E-state index in [1.165, 1.54) is 23.8 Å². The average Bonchev–Trinajstić information content (AvgIpc) is 2.47. The van der Waals surface area contributed by atoms with Crippen LogP contribution in [-0.4, -0.2) is 5.91 Å². The number of aryl methyl sites for hydroxylation is 1. The molecule has 0 spiro atoms. The van der Waals surface area contributed by atoms with Crippen molar-refractivity contribution in [1.29, 1.82) is 0 Å². The van der Waals surface area contributed by atoms with Gasteiger partial charge in [-0.3, -0.25) is 4.79 Å². The maximum Gasteiger partial charge on any atom is 0.251 e. The van der Waals surface area contributed by atoms with E-state index in [-0.39, 0.29) is 11.9 Å². The van der Waals surface area contributed by atoms with E-state index in [4.69, 9.17) is 0 Å². The molecule has 1 amide bonds. The van der Waals surface area contributed by atoms with Gasteiger partial charge in [-0.15, -0.1) is 0 Å². The number of hydrogen-bond acceptors (Lipinski definition) is 1. The minimum absolute atomic E-state index is 0.114. The number of benzene rings is 2. The third-order valence-corrected chi connectivity index (χ3v) is 3.32. The van der Waals surface area contributed by atoms with Crippen molar-refractivity contribution >= 4 is 5.91 Å². The number of hydrogen-bond donors (Lipinski definition) is 1. The van der Waals surface area contributed by atoms with Crippen LogP contribution in [0.2, 0.25) is 0 Å². The van der Waals surface area contributed by atoms with Crippen LogP contribution in [0.1, 0.15) is 41.4 Å². The zero-order valence-electron chi connectivity index (χ0n) is 11.7. The zero-order valence-corrected chi connectivity index (χ0v) is 11.7. The molecule has 1 N–H and O–H groups in total. The first-order valence-electron chi connectivity index (χ1n) is 6.75. The van der Waals surface area contributed by atoms with E-state index in [1.807, 2.05) is 19.1 Å². The summed E-state index contributed by atoms with van der Waals surface area (Å²) in [7, 11) is 0. The van der Waals surface area contributed by atoms with Gasteiger partial charge in [-0.1, -0.05) is 37.3 Å². The second kappa shape index (κ2) is 6.33. The highest BCUT2D eigenvalue weighted by molar-refractivity contribution is 5.94. The first-order chi connectivity index (χ1) is 9.60. The summed E-state index contributed by atoms with van der Waals surface area (Å²) in [6.45, 7) is 4.02. The summed E-state index contributed by atoms with van der Waals surface area (Å²) in [6, 6.07) is 13.7. The molecule has 104 valence electrons. The Balaban J connectivity index is 2.06. The van der Waals surface area contributed by atoms with Crippen LogP contribution in [0, 0.1) is 5.82 Å². The summed E-state index contributed by atoms with van der Waals surface area (Å²) in [5.41, 5.74) is 2.63. The highest BCUT2D eigenvalue weighted by Crippen LogP contribution is 2.15. The SMILES string of the molecule is CCc1ccc(C(C)NC(=O)c2cccc(F)c2)cc1. The Hall–Kier alpha value is -2.16. The van der Waals surface area contributed by atoms with Gasteiger partial charge in [0.2, 0.25) is 0 Å².